The number of unbranched alkanes of at least 4 members (excludes halogenated alkanes) is 1. The summed E-state index contributed by atoms with van der Waals surface area (Å²) < 4.78 is 5.03. The van der Waals surface area contributed by atoms with E-state index in [-0.39, 0.29) is 0 Å². The fourth-order valence-corrected chi connectivity index (χ4v) is 2.95. The Bertz CT molecular complexity index is 166. The lowest BCUT2D eigenvalue weighted by Gasteiger charge is -2.30. The third-order valence-electron chi connectivity index (χ3n) is 3.62. The van der Waals surface area contributed by atoms with Crippen LogP contribution in [0.2, 0.25) is 0 Å². The lowest BCUT2D eigenvalue weighted by Crippen LogP contribution is -2.32. The van der Waals surface area contributed by atoms with Crippen LogP contribution >= 0.6 is 11.6 Å². The first-order valence-electron chi connectivity index (χ1n) is 6.64. The van der Waals surface area contributed by atoms with Crippen molar-refractivity contribution in [2.45, 2.75) is 38.5 Å². The molecule has 0 bridgehead atoms. The zero-order valence-electron chi connectivity index (χ0n) is 10.5. The summed E-state index contributed by atoms with van der Waals surface area (Å²) in [6, 6.07) is 0. The van der Waals surface area contributed by atoms with Crippen LogP contribution in [-0.4, -0.2) is 32.7 Å². The largest absolute Gasteiger partial charge is 0.385 e. The van der Waals surface area contributed by atoms with Crippen molar-refractivity contribution in [3.8, 4) is 0 Å². The van der Waals surface area contributed by atoms with E-state index >= 15 is 0 Å². The Kier molecular flexibility index (Phi) is 8.26. The quantitative estimate of drug-likeness (QED) is 0.526. The molecule has 0 aromatic heterocycles. The Balaban J connectivity index is 2.02. The molecule has 1 rings (SSSR count). The van der Waals surface area contributed by atoms with Crippen LogP contribution in [-0.2, 0) is 4.74 Å². The average molecular weight is 248 g/mol. The minimum Gasteiger partial charge on any atom is -0.385 e. The van der Waals surface area contributed by atoms with Crippen molar-refractivity contribution in [2.75, 3.05) is 32.7 Å². The van der Waals surface area contributed by atoms with E-state index < -0.39 is 0 Å². The first kappa shape index (κ1) is 14.3. The first-order valence-corrected chi connectivity index (χ1v) is 7.17. The van der Waals surface area contributed by atoms with Gasteiger partial charge in [0.15, 0.2) is 0 Å². The van der Waals surface area contributed by atoms with Gasteiger partial charge in [-0.05, 0) is 50.6 Å². The molecule has 1 aliphatic rings. The van der Waals surface area contributed by atoms with Gasteiger partial charge in [0.25, 0.3) is 0 Å². The maximum atomic E-state index is 6.01. The van der Waals surface area contributed by atoms with E-state index in [0.29, 0.717) is 0 Å². The average Bonchev–Trinajstić information content (AvgIpc) is 2.34. The Hall–Kier alpha value is 0.210. The topological polar surface area (TPSA) is 21.3 Å². The van der Waals surface area contributed by atoms with Gasteiger partial charge in [-0.2, -0.15) is 0 Å². The SMILES string of the molecule is COCCCCNCC1CCCCC1CCl. The number of alkyl halides is 1. The number of rotatable bonds is 8. The standard InChI is InChI=1S/C13H26ClNO/c1-16-9-5-4-8-15-11-13-7-3-2-6-12(13)10-14/h12-13,15H,2-11H2,1H3. The van der Waals surface area contributed by atoms with Gasteiger partial charge >= 0.3 is 0 Å². The van der Waals surface area contributed by atoms with Gasteiger partial charge in [-0.15, -0.1) is 11.6 Å². The van der Waals surface area contributed by atoms with Crippen molar-refractivity contribution in [3.63, 3.8) is 0 Å². The van der Waals surface area contributed by atoms with E-state index in [9.17, 15) is 0 Å². The van der Waals surface area contributed by atoms with Crippen LogP contribution in [0, 0.1) is 11.8 Å². The van der Waals surface area contributed by atoms with E-state index in [4.69, 9.17) is 16.3 Å². The summed E-state index contributed by atoms with van der Waals surface area (Å²) >= 11 is 6.01. The van der Waals surface area contributed by atoms with Crippen molar-refractivity contribution >= 4 is 11.6 Å². The summed E-state index contributed by atoms with van der Waals surface area (Å²) in [6.07, 6.45) is 7.84. The Morgan fingerprint density at radius 1 is 1.19 bits per heavy atom. The van der Waals surface area contributed by atoms with E-state index in [1.807, 2.05) is 0 Å². The highest BCUT2D eigenvalue weighted by Gasteiger charge is 2.23. The Morgan fingerprint density at radius 3 is 2.62 bits per heavy atom. The molecule has 2 atom stereocenters. The van der Waals surface area contributed by atoms with E-state index in [1.54, 1.807) is 7.11 Å². The lowest BCUT2D eigenvalue weighted by molar-refractivity contribution is 0.191. The van der Waals surface area contributed by atoms with Crippen LogP contribution in [0.1, 0.15) is 38.5 Å². The zero-order valence-corrected chi connectivity index (χ0v) is 11.3. The highest BCUT2D eigenvalue weighted by molar-refractivity contribution is 6.18. The summed E-state index contributed by atoms with van der Waals surface area (Å²) in [5.74, 6) is 2.41. The summed E-state index contributed by atoms with van der Waals surface area (Å²) in [5, 5.41) is 3.56. The minimum atomic E-state index is 0.752. The molecule has 2 nitrogen and oxygen atoms in total. The van der Waals surface area contributed by atoms with Gasteiger partial charge in [-0.25, -0.2) is 0 Å². The molecule has 1 saturated carbocycles. The van der Waals surface area contributed by atoms with Crippen molar-refractivity contribution in [3.05, 3.63) is 0 Å². The van der Waals surface area contributed by atoms with Gasteiger partial charge < -0.3 is 10.1 Å². The third kappa shape index (κ3) is 5.51. The number of methoxy groups -OCH3 is 1. The van der Waals surface area contributed by atoms with Crippen LogP contribution in [0.5, 0.6) is 0 Å². The maximum absolute atomic E-state index is 6.01. The minimum absolute atomic E-state index is 0.752. The number of hydrogen-bond acceptors (Lipinski definition) is 2. The highest BCUT2D eigenvalue weighted by Crippen LogP contribution is 2.30. The molecule has 0 heterocycles. The molecule has 2 unspecified atom stereocenters. The molecular formula is C13H26ClNO. The monoisotopic (exact) mass is 247 g/mol. The molecule has 0 aromatic carbocycles. The van der Waals surface area contributed by atoms with Crippen molar-refractivity contribution in [1.82, 2.24) is 5.32 Å². The molecule has 16 heavy (non-hydrogen) atoms. The number of ether oxygens (including phenoxy) is 1. The van der Waals surface area contributed by atoms with Crippen LogP contribution in [0.3, 0.4) is 0 Å². The van der Waals surface area contributed by atoms with Crippen LogP contribution < -0.4 is 5.32 Å². The highest BCUT2D eigenvalue weighted by atomic mass is 35.5. The third-order valence-corrected chi connectivity index (χ3v) is 4.02. The molecule has 1 aliphatic carbocycles. The van der Waals surface area contributed by atoms with E-state index in [2.05, 4.69) is 5.32 Å². The molecule has 0 amide bonds. The molecule has 0 radical (unpaired) electrons. The fraction of sp³-hybridized carbons (Fsp3) is 1.00. The summed E-state index contributed by atoms with van der Waals surface area (Å²) in [4.78, 5) is 0. The molecule has 96 valence electrons. The normalized spacial score (nSPS) is 25.9. The Labute approximate surface area is 105 Å². The second kappa shape index (κ2) is 9.26. The van der Waals surface area contributed by atoms with E-state index in [0.717, 1.165) is 43.8 Å². The van der Waals surface area contributed by atoms with Gasteiger partial charge in [0.05, 0.1) is 0 Å². The first-order chi connectivity index (χ1) is 7.88. The van der Waals surface area contributed by atoms with Gasteiger partial charge in [0.2, 0.25) is 0 Å². The Morgan fingerprint density at radius 2 is 1.94 bits per heavy atom. The second-order valence-electron chi connectivity index (χ2n) is 4.86. The molecule has 0 aromatic rings. The molecule has 0 aliphatic heterocycles. The molecule has 1 fully saturated rings. The maximum Gasteiger partial charge on any atom is 0.0462 e. The summed E-state index contributed by atoms with van der Waals surface area (Å²) in [5.41, 5.74) is 0. The molecule has 0 spiro atoms. The van der Waals surface area contributed by atoms with Gasteiger partial charge in [0, 0.05) is 19.6 Å². The smallest absolute Gasteiger partial charge is 0.0462 e. The van der Waals surface area contributed by atoms with Crippen LogP contribution in [0.4, 0.5) is 0 Å². The zero-order chi connectivity index (χ0) is 11.6. The van der Waals surface area contributed by atoms with Crippen LogP contribution in [0.15, 0.2) is 0 Å². The molecule has 3 heteroatoms. The van der Waals surface area contributed by atoms with E-state index in [1.165, 1.54) is 32.1 Å². The van der Waals surface area contributed by atoms with Crippen molar-refractivity contribution in [2.24, 2.45) is 11.8 Å². The number of hydrogen-bond donors (Lipinski definition) is 1. The number of nitrogens with one attached hydrogen (secondary N) is 1. The van der Waals surface area contributed by atoms with Gasteiger partial charge in [0.1, 0.15) is 0 Å². The second-order valence-corrected chi connectivity index (χ2v) is 5.17. The predicted octanol–water partition coefficient (Wildman–Crippen LogP) is 3.05. The summed E-state index contributed by atoms with van der Waals surface area (Å²) in [6.45, 7) is 3.16. The van der Waals surface area contributed by atoms with Gasteiger partial charge in [-0.3, -0.25) is 0 Å². The summed E-state index contributed by atoms with van der Waals surface area (Å²) in [7, 11) is 1.76. The van der Waals surface area contributed by atoms with Crippen LogP contribution in [0.25, 0.3) is 0 Å². The molecule has 1 N–H and O–H groups in total. The van der Waals surface area contributed by atoms with Crippen molar-refractivity contribution < 1.29 is 4.74 Å². The van der Waals surface area contributed by atoms with Gasteiger partial charge in [-0.1, -0.05) is 12.8 Å². The molecule has 0 saturated heterocycles. The van der Waals surface area contributed by atoms with Crippen molar-refractivity contribution in [1.29, 1.82) is 0 Å². The predicted molar refractivity (Wildman–Crippen MR) is 70.1 cm³/mol. The lowest BCUT2D eigenvalue weighted by atomic mass is 9.80. The fourth-order valence-electron chi connectivity index (χ4n) is 2.54. The number of halogens is 1. The molecular weight excluding hydrogens is 222 g/mol.